The molecule has 2 aromatic rings. The van der Waals surface area contributed by atoms with E-state index in [1.54, 1.807) is 24.0 Å². The van der Waals surface area contributed by atoms with Crippen LogP contribution in [0.2, 0.25) is 0 Å². The molecule has 1 aromatic heterocycles. The van der Waals surface area contributed by atoms with Crippen LogP contribution in [-0.2, 0) is 6.42 Å². The number of aryl methyl sites for hydroxylation is 1. The number of hydrogen-bond acceptors (Lipinski definition) is 3. The second-order valence-electron chi connectivity index (χ2n) is 7.14. The molecule has 5 nitrogen and oxygen atoms in total. The summed E-state index contributed by atoms with van der Waals surface area (Å²) < 4.78 is 13.8. The average molecular weight is 370 g/mol. The first kappa shape index (κ1) is 19.0. The standard InChI is InChI=1S/C21H23FN2O3/c1-13-17(14(2)25)12-18(20(26)23-13)21(27)24-9-7-15(8-10-24)11-16-5-3-4-6-19(16)22/h3-6,12,15H,7-11H2,1-2H3,(H,23,26). The van der Waals surface area contributed by atoms with E-state index in [2.05, 4.69) is 4.98 Å². The number of H-pyrrole nitrogens is 1. The molecule has 0 aliphatic carbocycles. The molecule has 142 valence electrons. The third-order valence-corrected chi connectivity index (χ3v) is 5.22. The third-order valence-electron chi connectivity index (χ3n) is 5.22. The first-order chi connectivity index (χ1) is 12.9. The number of halogens is 1. The molecule has 1 aliphatic rings. The van der Waals surface area contributed by atoms with Crippen LogP contribution in [0.5, 0.6) is 0 Å². The minimum atomic E-state index is -0.476. The van der Waals surface area contributed by atoms with E-state index in [0.29, 0.717) is 42.2 Å². The minimum absolute atomic E-state index is 0.00152. The number of Topliss-reactive ketones (excluding diaryl/α,β-unsaturated/α-hetero) is 1. The fraction of sp³-hybridized carbons (Fsp3) is 0.381. The Kier molecular flexibility index (Phi) is 5.54. The Balaban J connectivity index is 1.69. The summed E-state index contributed by atoms with van der Waals surface area (Å²) in [7, 11) is 0. The van der Waals surface area contributed by atoms with E-state index in [0.717, 1.165) is 12.8 Å². The third kappa shape index (κ3) is 4.15. The number of ketones is 1. The highest BCUT2D eigenvalue weighted by Crippen LogP contribution is 2.24. The molecule has 0 unspecified atom stereocenters. The van der Waals surface area contributed by atoms with Gasteiger partial charge in [0.2, 0.25) is 0 Å². The van der Waals surface area contributed by atoms with Gasteiger partial charge in [-0.15, -0.1) is 0 Å². The lowest BCUT2D eigenvalue weighted by Gasteiger charge is -2.32. The van der Waals surface area contributed by atoms with E-state index in [9.17, 15) is 18.8 Å². The largest absolute Gasteiger partial charge is 0.338 e. The van der Waals surface area contributed by atoms with Gasteiger partial charge in [-0.1, -0.05) is 18.2 Å². The molecule has 1 aromatic carbocycles. The topological polar surface area (TPSA) is 70.2 Å². The number of pyridine rings is 1. The Morgan fingerprint density at radius 3 is 2.48 bits per heavy atom. The van der Waals surface area contributed by atoms with Gasteiger partial charge in [-0.05, 0) is 56.7 Å². The van der Waals surface area contributed by atoms with Crippen molar-refractivity contribution < 1.29 is 14.0 Å². The number of carbonyl (C=O) groups excluding carboxylic acids is 2. The number of benzene rings is 1. The van der Waals surface area contributed by atoms with Crippen LogP contribution >= 0.6 is 0 Å². The van der Waals surface area contributed by atoms with E-state index in [4.69, 9.17) is 0 Å². The summed E-state index contributed by atoms with van der Waals surface area (Å²) in [4.78, 5) is 40.9. The van der Waals surface area contributed by atoms with Crippen LogP contribution in [0, 0.1) is 18.7 Å². The summed E-state index contributed by atoms with van der Waals surface area (Å²) in [6.07, 6.45) is 2.15. The SMILES string of the molecule is CC(=O)c1cc(C(=O)N2CCC(Cc3ccccc3F)CC2)c(=O)[nH]c1C. The molecule has 0 radical (unpaired) electrons. The van der Waals surface area contributed by atoms with Crippen LogP contribution < -0.4 is 5.56 Å². The van der Waals surface area contributed by atoms with Crippen molar-refractivity contribution >= 4 is 11.7 Å². The van der Waals surface area contributed by atoms with Crippen LogP contribution in [0.4, 0.5) is 4.39 Å². The number of amides is 1. The molecule has 0 saturated carbocycles. The molecule has 1 fully saturated rings. The Labute approximate surface area is 157 Å². The molecule has 0 spiro atoms. The van der Waals surface area contributed by atoms with Gasteiger partial charge in [0, 0.05) is 24.3 Å². The lowest BCUT2D eigenvalue weighted by Crippen LogP contribution is -2.41. The molecule has 1 saturated heterocycles. The molecule has 1 aliphatic heterocycles. The zero-order valence-corrected chi connectivity index (χ0v) is 15.5. The van der Waals surface area contributed by atoms with Crippen LogP contribution in [0.15, 0.2) is 35.1 Å². The predicted molar refractivity (Wildman–Crippen MR) is 101 cm³/mol. The van der Waals surface area contributed by atoms with E-state index in [1.165, 1.54) is 19.1 Å². The number of rotatable bonds is 4. The molecular formula is C21H23FN2O3. The lowest BCUT2D eigenvalue weighted by atomic mass is 9.89. The van der Waals surface area contributed by atoms with Gasteiger partial charge in [-0.25, -0.2) is 4.39 Å². The highest BCUT2D eigenvalue weighted by atomic mass is 19.1. The lowest BCUT2D eigenvalue weighted by molar-refractivity contribution is 0.0688. The second kappa shape index (κ2) is 7.86. The average Bonchev–Trinajstić information content (AvgIpc) is 2.63. The van der Waals surface area contributed by atoms with Crippen LogP contribution in [0.25, 0.3) is 0 Å². The maximum Gasteiger partial charge on any atom is 0.261 e. The van der Waals surface area contributed by atoms with Crippen LogP contribution in [0.3, 0.4) is 0 Å². The van der Waals surface area contributed by atoms with Crippen LogP contribution in [-0.4, -0.2) is 34.7 Å². The van der Waals surface area contributed by atoms with Gasteiger partial charge in [0.05, 0.1) is 0 Å². The highest BCUT2D eigenvalue weighted by Gasteiger charge is 2.26. The summed E-state index contributed by atoms with van der Waals surface area (Å²) in [6, 6.07) is 8.15. The van der Waals surface area contributed by atoms with E-state index >= 15 is 0 Å². The van der Waals surface area contributed by atoms with Gasteiger partial charge in [0.25, 0.3) is 11.5 Å². The molecular weight excluding hydrogens is 347 g/mol. The van der Waals surface area contributed by atoms with Crippen molar-refractivity contribution in [3.8, 4) is 0 Å². The van der Waals surface area contributed by atoms with Gasteiger partial charge >= 0.3 is 0 Å². The summed E-state index contributed by atoms with van der Waals surface area (Å²) in [6.45, 7) is 4.07. The number of likely N-dealkylation sites (tertiary alicyclic amines) is 1. The fourth-order valence-electron chi connectivity index (χ4n) is 3.63. The summed E-state index contributed by atoms with van der Waals surface area (Å²) >= 11 is 0. The molecule has 0 bridgehead atoms. The zero-order chi connectivity index (χ0) is 19.6. The molecule has 1 N–H and O–H groups in total. The Morgan fingerprint density at radius 2 is 1.85 bits per heavy atom. The monoisotopic (exact) mass is 370 g/mol. The van der Waals surface area contributed by atoms with Crippen molar-refractivity contribution in [1.29, 1.82) is 0 Å². The summed E-state index contributed by atoms with van der Waals surface area (Å²) in [5, 5.41) is 0. The van der Waals surface area contributed by atoms with Crippen LogP contribution in [0.1, 0.15) is 51.7 Å². The maximum absolute atomic E-state index is 13.8. The zero-order valence-electron chi connectivity index (χ0n) is 15.5. The fourth-order valence-corrected chi connectivity index (χ4v) is 3.63. The number of aromatic nitrogens is 1. The van der Waals surface area contributed by atoms with E-state index in [-0.39, 0.29) is 23.1 Å². The number of carbonyl (C=O) groups is 2. The summed E-state index contributed by atoms with van der Waals surface area (Å²) in [5.41, 5.74) is 1.04. The number of piperidine rings is 1. The minimum Gasteiger partial charge on any atom is -0.338 e. The molecule has 3 rings (SSSR count). The first-order valence-electron chi connectivity index (χ1n) is 9.14. The molecule has 27 heavy (non-hydrogen) atoms. The number of nitrogens with zero attached hydrogens (tertiary/aromatic N) is 1. The predicted octanol–water partition coefficient (Wildman–Crippen LogP) is 3.12. The first-order valence-corrected chi connectivity index (χ1v) is 9.14. The van der Waals surface area contributed by atoms with Crippen molar-refractivity contribution in [3.05, 3.63) is 68.9 Å². The van der Waals surface area contributed by atoms with Crippen molar-refractivity contribution in [1.82, 2.24) is 9.88 Å². The number of nitrogens with one attached hydrogen (secondary N) is 1. The van der Waals surface area contributed by atoms with E-state index < -0.39 is 5.56 Å². The quantitative estimate of drug-likeness (QED) is 0.841. The smallest absolute Gasteiger partial charge is 0.261 e. The Bertz CT molecular complexity index is 927. The number of aromatic amines is 1. The normalized spacial score (nSPS) is 15.0. The van der Waals surface area contributed by atoms with Crippen molar-refractivity contribution in [2.24, 2.45) is 5.92 Å². The maximum atomic E-state index is 13.8. The van der Waals surface area contributed by atoms with Crippen molar-refractivity contribution in [2.75, 3.05) is 13.1 Å². The highest BCUT2D eigenvalue weighted by molar-refractivity contribution is 5.99. The molecule has 6 heteroatoms. The van der Waals surface area contributed by atoms with E-state index in [1.807, 2.05) is 6.07 Å². The van der Waals surface area contributed by atoms with Gasteiger partial charge in [-0.3, -0.25) is 14.4 Å². The summed E-state index contributed by atoms with van der Waals surface area (Å²) in [5.74, 6) is -0.446. The second-order valence-corrected chi connectivity index (χ2v) is 7.14. The van der Waals surface area contributed by atoms with Crippen molar-refractivity contribution in [3.63, 3.8) is 0 Å². The molecule has 0 atom stereocenters. The number of hydrogen-bond donors (Lipinski definition) is 1. The Hall–Kier alpha value is -2.76. The van der Waals surface area contributed by atoms with Crippen molar-refractivity contribution in [2.45, 2.75) is 33.1 Å². The van der Waals surface area contributed by atoms with Gasteiger partial charge in [0.1, 0.15) is 11.4 Å². The Morgan fingerprint density at radius 1 is 1.19 bits per heavy atom. The van der Waals surface area contributed by atoms with Gasteiger partial charge in [-0.2, -0.15) is 0 Å². The molecule has 2 heterocycles. The van der Waals surface area contributed by atoms with Gasteiger partial charge in [0.15, 0.2) is 5.78 Å². The molecule has 1 amide bonds. The van der Waals surface area contributed by atoms with Gasteiger partial charge < -0.3 is 9.88 Å².